The van der Waals surface area contributed by atoms with Crippen LogP contribution in [0.15, 0.2) is 12.1 Å². The number of rotatable bonds is 0. The second-order valence-electron chi connectivity index (χ2n) is 5.13. The fourth-order valence-electron chi connectivity index (χ4n) is 3.16. The summed E-state index contributed by atoms with van der Waals surface area (Å²) in [7, 11) is 0. The fourth-order valence-corrected chi connectivity index (χ4v) is 3.16. The molecule has 1 nitrogen and oxygen atoms in total. The SMILES string of the molecule is CC.Fc1cc(F)c2c(c1)CC1(CCNCC1)C2. The molecule has 1 heterocycles. The zero-order chi connectivity index (χ0) is 13.2. The van der Waals surface area contributed by atoms with Crippen LogP contribution in [0.4, 0.5) is 8.78 Å². The number of halogens is 2. The summed E-state index contributed by atoms with van der Waals surface area (Å²) < 4.78 is 26.8. The maximum Gasteiger partial charge on any atom is 0.129 e. The van der Waals surface area contributed by atoms with Crippen molar-refractivity contribution in [1.29, 1.82) is 0 Å². The predicted molar refractivity (Wildman–Crippen MR) is 69.7 cm³/mol. The Labute approximate surface area is 108 Å². The van der Waals surface area contributed by atoms with Crippen LogP contribution in [0.25, 0.3) is 0 Å². The molecule has 3 heteroatoms. The van der Waals surface area contributed by atoms with E-state index in [-0.39, 0.29) is 11.2 Å². The Bertz CT molecular complexity index is 423. The van der Waals surface area contributed by atoms with Crippen LogP contribution in [0, 0.1) is 17.0 Å². The number of hydrogen-bond acceptors (Lipinski definition) is 1. The van der Waals surface area contributed by atoms with Gasteiger partial charge in [0.1, 0.15) is 11.6 Å². The van der Waals surface area contributed by atoms with E-state index in [0.29, 0.717) is 0 Å². The fraction of sp³-hybridized carbons (Fsp3) is 0.600. The summed E-state index contributed by atoms with van der Waals surface area (Å²) >= 11 is 0. The highest BCUT2D eigenvalue weighted by Gasteiger charge is 2.39. The first kappa shape index (κ1) is 13.5. The van der Waals surface area contributed by atoms with Crippen molar-refractivity contribution in [2.75, 3.05) is 13.1 Å². The molecule has 0 unspecified atom stereocenters. The normalized spacial score (nSPS) is 20.2. The molecule has 0 aromatic heterocycles. The molecular weight excluding hydrogens is 232 g/mol. The van der Waals surface area contributed by atoms with Crippen LogP contribution in [-0.4, -0.2) is 13.1 Å². The lowest BCUT2D eigenvalue weighted by Crippen LogP contribution is -2.37. The molecule has 1 spiro atoms. The molecule has 1 aromatic rings. The topological polar surface area (TPSA) is 12.0 Å². The second-order valence-corrected chi connectivity index (χ2v) is 5.13. The molecule has 1 N–H and O–H groups in total. The Morgan fingerprint density at radius 3 is 2.39 bits per heavy atom. The summed E-state index contributed by atoms with van der Waals surface area (Å²) in [5.74, 6) is -0.798. The van der Waals surface area contributed by atoms with Crippen molar-refractivity contribution in [3.05, 3.63) is 34.9 Å². The monoisotopic (exact) mass is 253 g/mol. The van der Waals surface area contributed by atoms with Crippen molar-refractivity contribution in [3.63, 3.8) is 0 Å². The Kier molecular flexibility index (Phi) is 4.00. The summed E-state index contributed by atoms with van der Waals surface area (Å²) in [5, 5.41) is 3.32. The van der Waals surface area contributed by atoms with E-state index in [1.54, 1.807) is 0 Å². The molecule has 3 rings (SSSR count). The van der Waals surface area contributed by atoms with Crippen molar-refractivity contribution < 1.29 is 8.78 Å². The zero-order valence-electron chi connectivity index (χ0n) is 11.2. The average Bonchev–Trinajstić information content (AvgIpc) is 2.71. The van der Waals surface area contributed by atoms with Gasteiger partial charge in [0.05, 0.1) is 0 Å². The van der Waals surface area contributed by atoms with Gasteiger partial charge in [0.25, 0.3) is 0 Å². The van der Waals surface area contributed by atoms with E-state index in [1.165, 1.54) is 6.07 Å². The van der Waals surface area contributed by atoms with Crippen LogP contribution in [0.3, 0.4) is 0 Å². The van der Waals surface area contributed by atoms with E-state index in [9.17, 15) is 8.78 Å². The third-order valence-corrected chi connectivity index (χ3v) is 4.03. The molecule has 100 valence electrons. The predicted octanol–water partition coefficient (Wildman–Crippen LogP) is 3.46. The van der Waals surface area contributed by atoms with E-state index in [0.717, 1.165) is 56.0 Å². The molecular formula is C15H21F2N. The van der Waals surface area contributed by atoms with Crippen LogP contribution < -0.4 is 5.32 Å². The molecule has 0 bridgehead atoms. The van der Waals surface area contributed by atoms with E-state index in [4.69, 9.17) is 0 Å². The van der Waals surface area contributed by atoms with Gasteiger partial charge in [0.15, 0.2) is 0 Å². The van der Waals surface area contributed by atoms with Crippen molar-refractivity contribution in [1.82, 2.24) is 5.32 Å². The van der Waals surface area contributed by atoms with Gasteiger partial charge in [0, 0.05) is 6.07 Å². The van der Waals surface area contributed by atoms with Gasteiger partial charge in [-0.1, -0.05) is 13.8 Å². The molecule has 1 aliphatic heterocycles. The molecule has 2 aliphatic rings. The van der Waals surface area contributed by atoms with Crippen LogP contribution in [-0.2, 0) is 12.8 Å². The molecule has 0 radical (unpaired) electrons. The first-order valence-corrected chi connectivity index (χ1v) is 6.86. The Morgan fingerprint density at radius 1 is 1.06 bits per heavy atom. The lowest BCUT2D eigenvalue weighted by atomic mass is 9.76. The highest BCUT2D eigenvalue weighted by atomic mass is 19.1. The highest BCUT2D eigenvalue weighted by molar-refractivity contribution is 5.36. The summed E-state index contributed by atoms with van der Waals surface area (Å²) in [6.07, 6.45) is 3.78. The lowest BCUT2D eigenvalue weighted by molar-refractivity contribution is 0.215. The Hall–Kier alpha value is -0.960. The lowest BCUT2D eigenvalue weighted by Gasteiger charge is -2.33. The number of nitrogens with one attached hydrogen (secondary N) is 1. The van der Waals surface area contributed by atoms with Gasteiger partial charge in [-0.05, 0) is 61.4 Å². The van der Waals surface area contributed by atoms with E-state index >= 15 is 0 Å². The van der Waals surface area contributed by atoms with Gasteiger partial charge in [-0.2, -0.15) is 0 Å². The molecule has 18 heavy (non-hydrogen) atoms. The van der Waals surface area contributed by atoms with E-state index < -0.39 is 5.82 Å². The van der Waals surface area contributed by atoms with Gasteiger partial charge >= 0.3 is 0 Å². The second kappa shape index (κ2) is 5.35. The quantitative estimate of drug-likeness (QED) is 0.746. The van der Waals surface area contributed by atoms with Gasteiger partial charge in [0.2, 0.25) is 0 Å². The van der Waals surface area contributed by atoms with Crippen molar-refractivity contribution >= 4 is 0 Å². The summed E-state index contributed by atoms with van der Waals surface area (Å²) in [6.45, 7) is 6.00. The van der Waals surface area contributed by atoms with Gasteiger partial charge in [-0.3, -0.25) is 0 Å². The molecule has 1 saturated heterocycles. The van der Waals surface area contributed by atoms with Gasteiger partial charge < -0.3 is 5.32 Å². The number of hydrogen-bond donors (Lipinski definition) is 1. The number of fused-ring (bicyclic) bond motifs is 1. The van der Waals surface area contributed by atoms with Gasteiger partial charge in [-0.25, -0.2) is 8.78 Å². The molecule has 1 aliphatic carbocycles. The van der Waals surface area contributed by atoms with Crippen molar-refractivity contribution in [2.45, 2.75) is 39.5 Å². The van der Waals surface area contributed by atoms with E-state index in [1.807, 2.05) is 13.8 Å². The average molecular weight is 253 g/mol. The maximum absolute atomic E-state index is 13.6. The molecule has 0 saturated carbocycles. The Balaban J connectivity index is 0.000000574. The standard InChI is InChI=1S/C13H15F2N.C2H6/c14-10-5-9-7-13(1-3-16-4-2-13)8-11(9)12(15)6-10;1-2/h5-6,16H,1-4,7-8H2;1-2H3. The zero-order valence-corrected chi connectivity index (χ0v) is 11.2. The first-order valence-electron chi connectivity index (χ1n) is 6.86. The van der Waals surface area contributed by atoms with Crippen LogP contribution in [0.5, 0.6) is 0 Å². The smallest absolute Gasteiger partial charge is 0.129 e. The van der Waals surface area contributed by atoms with Crippen molar-refractivity contribution in [2.24, 2.45) is 5.41 Å². The summed E-state index contributed by atoms with van der Waals surface area (Å²) in [4.78, 5) is 0. The summed E-state index contributed by atoms with van der Waals surface area (Å²) in [5.41, 5.74) is 1.84. The molecule has 0 amide bonds. The minimum atomic E-state index is -0.442. The highest BCUT2D eigenvalue weighted by Crippen LogP contribution is 2.44. The van der Waals surface area contributed by atoms with E-state index in [2.05, 4.69) is 5.32 Å². The van der Waals surface area contributed by atoms with Gasteiger partial charge in [-0.15, -0.1) is 0 Å². The molecule has 1 fully saturated rings. The first-order chi connectivity index (χ1) is 8.69. The minimum Gasteiger partial charge on any atom is -0.317 e. The van der Waals surface area contributed by atoms with Crippen LogP contribution in [0.2, 0.25) is 0 Å². The Morgan fingerprint density at radius 2 is 1.72 bits per heavy atom. The molecule has 0 atom stereocenters. The van der Waals surface area contributed by atoms with Crippen molar-refractivity contribution in [3.8, 4) is 0 Å². The minimum absolute atomic E-state index is 0.197. The summed E-state index contributed by atoms with van der Waals surface area (Å²) in [6, 6.07) is 2.52. The van der Waals surface area contributed by atoms with Crippen LogP contribution in [0.1, 0.15) is 37.8 Å². The number of benzene rings is 1. The largest absolute Gasteiger partial charge is 0.317 e. The maximum atomic E-state index is 13.6. The number of piperidine rings is 1. The third kappa shape index (κ3) is 2.41. The molecule has 1 aromatic carbocycles. The van der Waals surface area contributed by atoms with Crippen LogP contribution >= 0.6 is 0 Å². The third-order valence-electron chi connectivity index (χ3n) is 4.03.